The molecule has 0 heterocycles. The summed E-state index contributed by atoms with van der Waals surface area (Å²) in [6.45, 7) is 1.33. The van der Waals surface area contributed by atoms with Gasteiger partial charge in [0.25, 0.3) is 0 Å². The monoisotopic (exact) mass is 364 g/mol. The van der Waals surface area contributed by atoms with Gasteiger partial charge in [-0.05, 0) is 28.8 Å². The lowest BCUT2D eigenvalue weighted by Gasteiger charge is -2.27. The molecule has 2 rings (SSSR count). The summed E-state index contributed by atoms with van der Waals surface area (Å²) >= 11 is 0. The molecule has 144 valence electrons. The largest absolute Gasteiger partial charge is 0.507 e. The van der Waals surface area contributed by atoms with Crippen molar-refractivity contribution in [1.29, 1.82) is 0 Å². The smallest absolute Gasteiger partial charge is 0.126 e. The second-order valence-corrected chi connectivity index (χ2v) is 6.35. The predicted molar refractivity (Wildman–Crippen MR) is 98.8 cm³/mol. The van der Waals surface area contributed by atoms with Gasteiger partial charge in [0, 0.05) is 45.5 Å². The summed E-state index contributed by atoms with van der Waals surface area (Å²) in [6, 6.07) is 3.79. The van der Waals surface area contributed by atoms with E-state index in [0.717, 1.165) is 16.7 Å². The molecule has 0 aliphatic heterocycles. The fourth-order valence-electron chi connectivity index (χ4n) is 3.19. The number of aromatic hydroxyl groups is 1. The van der Waals surface area contributed by atoms with Crippen molar-refractivity contribution in [3.05, 3.63) is 46.5 Å². The van der Waals surface area contributed by atoms with Crippen LogP contribution in [0.1, 0.15) is 16.7 Å². The Bertz CT molecular complexity index is 637. The Kier molecular flexibility index (Phi) is 7.81. The third-order valence-corrected chi connectivity index (χ3v) is 4.39. The second kappa shape index (κ2) is 9.85. The zero-order chi connectivity index (χ0) is 19.1. The van der Waals surface area contributed by atoms with E-state index in [1.807, 2.05) is 24.3 Å². The summed E-state index contributed by atoms with van der Waals surface area (Å²) in [6.07, 6.45) is 3.28. The number of ether oxygens (including phenoxy) is 4. The van der Waals surface area contributed by atoms with E-state index in [1.165, 1.54) is 0 Å². The van der Waals surface area contributed by atoms with Crippen LogP contribution in [0, 0.1) is 5.92 Å². The standard InChI is InChI=1S/C20H28O6/c1-23-9-15-5-13(6-16(10-24-2)19(15)21)14-7-17(11-25-3)20(22)18(8-14)12-26-4/h5-8,15,19,21-22H,9-12H2,1-4H3. The van der Waals surface area contributed by atoms with Gasteiger partial charge in [0.05, 0.1) is 32.5 Å². The van der Waals surface area contributed by atoms with Gasteiger partial charge >= 0.3 is 0 Å². The molecule has 2 N–H and O–H groups in total. The van der Waals surface area contributed by atoms with E-state index >= 15 is 0 Å². The number of hydrogen-bond donors (Lipinski definition) is 2. The molecule has 1 aliphatic rings. The third-order valence-electron chi connectivity index (χ3n) is 4.39. The molecular weight excluding hydrogens is 336 g/mol. The van der Waals surface area contributed by atoms with Gasteiger partial charge in [0.15, 0.2) is 0 Å². The van der Waals surface area contributed by atoms with Crippen LogP contribution < -0.4 is 0 Å². The average molecular weight is 364 g/mol. The van der Waals surface area contributed by atoms with E-state index in [0.29, 0.717) is 37.6 Å². The number of aliphatic hydroxyl groups excluding tert-OH is 1. The molecule has 1 aliphatic carbocycles. The first-order valence-electron chi connectivity index (χ1n) is 8.46. The topological polar surface area (TPSA) is 77.4 Å². The molecule has 2 unspecified atom stereocenters. The van der Waals surface area contributed by atoms with Crippen molar-refractivity contribution in [2.24, 2.45) is 5.92 Å². The minimum atomic E-state index is -0.646. The van der Waals surface area contributed by atoms with Crippen molar-refractivity contribution in [1.82, 2.24) is 0 Å². The van der Waals surface area contributed by atoms with Crippen molar-refractivity contribution >= 4 is 5.57 Å². The van der Waals surface area contributed by atoms with Crippen LogP contribution in [0.4, 0.5) is 0 Å². The number of benzene rings is 1. The van der Waals surface area contributed by atoms with Gasteiger partial charge in [0.1, 0.15) is 5.75 Å². The van der Waals surface area contributed by atoms with E-state index in [1.54, 1.807) is 28.4 Å². The lowest BCUT2D eigenvalue weighted by molar-refractivity contribution is 0.0792. The van der Waals surface area contributed by atoms with Crippen molar-refractivity contribution in [2.45, 2.75) is 19.3 Å². The molecule has 26 heavy (non-hydrogen) atoms. The summed E-state index contributed by atoms with van der Waals surface area (Å²) in [5, 5.41) is 20.9. The maximum Gasteiger partial charge on any atom is 0.126 e. The Labute approximate surface area is 154 Å². The van der Waals surface area contributed by atoms with Gasteiger partial charge in [-0.3, -0.25) is 0 Å². The van der Waals surface area contributed by atoms with Gasteiger partial charge in [-0.25, -0.2) is 0 Å². The van der Waals surface area contributed by atoms with Crippen molar-refractivity contribution in [3.63, 3.8) is 0 Å². The summed E-state index contributed by atoms with van der Waals surface area (Å²) < 4.78 is 20.9. The molecule has 6 nitrogen and oxygen atoms in total. The van der Waals surface area contributed by atoms with Crippen LogP contribution in [0.2, 0.25) is 0 Å². The molecule has 2 atom stereocenters. The van der Waals surface area contributed by atoms with Crippen molar-refractivity contribution in [3.8, 4) is 5.75 Å². The molecule has 0 bridgehead atoms. The summed E-state index contributed by atoms with van der Waals surface area (Å²) in [4.78, 5) is 0. The van der Waals surface area contributed by atoms with Crippen LogP contribution in [-0.2, 0) is 32.2 Å². The minimum Gasteiger partial charge on any atom is -0.507 e. The van der Waals surface area contributed by atoms with E-state index in [2.05, 4.69) is 0 Å². The van der Waals surface area contributed by atoms with Crippen LogP contribution in [0.15, 0.2) is 29.9 Å². The molecule has 0 saturated heterocycles. The highest BCUT2D eigenvalue weighted by Gasteiger charge is 2.26. The first-order valence-corrected chi connectivity index (χ1v) is 8.46. The molecule has 1 aromatic carbocycles. The first kappa shape index (κ1) is 20.6. The lowest BCUT2D eigenvalue weighted by Crippen LogP contribution is -2.29. The van der Waals surface area contributed by atoms with Gasteiger partial charge in [-0.1, -0.05) is 12.2 Å². The normalized spacial score (nSPS) is 20.0. The maximum atomic E-state index is 10.5. The van der Waals surface area contributed by atoms with Crippen LogP contribution in [-0.4, -0.2) is 58.0 Å². The van der Waals surface area contributed by atoms with Gasteiger partial charge in [-0.2, -0.15) is 0 Å². The lowest BCUT2D eigenvalue weighted by atomic mass is 9.85. The molecule has 0 spiro atoms. The quantitative estimate of drug-likeness (QED) is 0.700. The number of rotatable bonds is 9. The summed E-state index contributed by atoms with van der Waals surface area (Å²) in [5.41, 5.74) is 4.03. The molecule has 1 aromatic rings. The Morgan fingerprint density at radius 1 is 0.885 bits per heavy atom. The van der Waals surface area contributed by atoms with Crippen molar-refractivity contribution < 1.29 is 29.2 Å². The second-order valence-electron chi connectivity index (χ2n) is 6.35. The van der Waals surface area contributed by atoms with Gasteiger partial charge in [0.2, 0.25) is 0 Å². The van der Waals surface area contributed by atoms with E-state index in [4.69, 9.17) is 18.9 Å². The number of methoxy groups -OCH3 is 4. The Balaban J connectivity index is 2.50. The number of aliphatic hydroxyl groups is 1. The fraction of sp³-hybridized carbons (Fsp3) is 0.500. The third kappa shape index (κ3) is 4.72. The van der Waals surface area contributed by atoms with Crippen LogP contribution in [0.5, 0.6) is 5.75 Å². The predicted octanol–water partition coefficient (Wildman–Crippen LogP) is 2.28. The van der Waals surface area contributed by atoms with E-state index in [9.17, 15) is 10.2 Å². The number of phenolic OH excluding ortho intramolecular Hbond substituents is 1. The first-order chi connectivity index (χ1) is 12.5. The molecule has 0 saturated carbocycles. The fourth-order valence-corrected chi connectivity index (χ4v) is 3.19. The minimum absolute atomic E-state index is 0.171. The zero-order valence-electron chi connectivity index (χ0n) is 15.8. The number of phenols is 1. The van der Waals surface area contributed by atoms with E-state index < -0.39 is 6.10 Å². The van der Waals surface area contributed by atoms with Gasteiger partial charge in [-0.15, -0.1) is 0 Å². The Hall–Kier alpha value is -1.70. The molecule has 0 amide bonds. The Morgan fingerprint density at radius 2 is 1.46 bits per heavy atom. The number of allylic oxidation sites excluding steroid dienone is 2. The highest BCUT2D eigenvalue weighted by Crippen LogP contribution is 2.34. The Morgan fingerprint density at radius 3 is 1.96 bits per heavy atom. The zero-order valence-corrected chi connectivity index (χ0v) is 15.8. The molecule has 6 heteroatoms. The highest BCUT2D eigenvalue weighted by atomic mass is 16.5. The highest BCUT2D eigenvalue weighted by molar-refractivity contribution is 5.78. The average Bonchev–Trinajstić information content (AvgIpc) is 2.62. The maximum absolute atomic E-state index is 10.5. The van der Waals surface area contributed by atoms with Crippen LogP contribution in [0.25, 0.3) is 5.57 Å². The van der Waals surface area contributed by atoms with Crippen LogP contribution >= 0.6 is 0 Å². The van der Waals surface area contributed by atoms with Crippen molar-refractivity contribution in [2.75, 3.05) is 41.7 Å². The summed E-state index contributed by atoms with van der Waals surface area (Å²) in [7, 11) is 6.39. The van der Waals surface area contributed by atoms with Crippen LogP contribution in [0.3, 0.4) is 0 Å². The number of hydrogen-bond acceptors (Lipinski definition) is 6. The molecular formula is C20H28O6. The SMILES string of the molecule is COCC1=CC(c2cc(COC)c(O)c(COC)c2)=CC(COC)C1O. The summed E-state index contributed by atoms with van der Waals surface area (Å²) in [5.74, 6) is 0.0131. The molecule has 0 fully saturated rings. The van der Waals surface area contributed by atoms with Gasteiger partial charge < -0.3 is 29.2 Å². The molecule has 0 radical (unpaired) electrons. The molecule has 0 aromatic heterocycles. The van der Waals surface area contributed by atoms with E-state index in [-0.39, 0.29) is 11.7 Å².